The van der Waals surface area contributed by atoms with E-state index in [9.17, 15) is 9.59 Å². The molecular formula is C20H31ClN6O4. The highest BCUT2D eigenvalue weighted by Gasteiger charge is 2.38. The molecule has 3 rings (SSSR count). The fourth-order valence-electron chi connectivity index (χ4n) is 3.91. The topological polar surface area (TPSA) is 94.7 Å². The van der Waals surface area contributed by atoms with Gasteiger partial charge in [-0.25, -0.2) is 14.6 Å². The van der Waals surface area contributed by atoms with E-state index in [4.69, 9.17) is 21.1 Å². The molecule has 0 unspecified atom stereocenters. The smallest absolute Gasteiger partial charge is 0.410 e. The number of nitrogens with zero attached hydrogens (tertiary/aromatic N) is 6. The lowest BCUT2D eigenvalue weighted by atomic mass is 10.1. The Morgan fingerprint density at radius 3 is 2.45 bits per heavy atom. The Balaban J connectivity index is 2.05. The number of hydrogen-bond donors (Lipinski definition) is 0. The summed E-state index contributed by atoms with van der Waals surface area (Å²) in [7, 11) is 5.09. The number of carbonyl (C=O) groups is 1. The third-order valence-electron chi connectivity index (χ3n) is 5.40. The third-order valence-corrected chi connectivity index (χ3v) is 5.63. The third kappa shape index (κ3) is 4.50. The van der Waals surface area contributed by atoms with Crippen LogP contribution in [-0.2, 0) is 29.4 Å². The Morgan fingerprint density at radius 1 is 1.19 bits per heavy atom. The van der Waals surface area contributed by atoms with Gasteiger partial charge in [0.1, 0.15) is 22.6 Å². The number of imidazole rings is 1. The Morgan fingerprint density at radius 2 is 1.87 bits per heavy atom. The van der Waals surface area contributed by atoms with Crippen molar-refractivity contribution in [1.29, 1.82) is 0 Å². The first-order valence-corrected chi connectivity index (χ1v) is 10.8. The highest BCUT2D eigenvalue weighted by atomic mass is 35.5. The summed E-state index contributed by atoms with van der Waals surface area (Å²) in [5, 5.41) is 0. The van der Waals surface area contributed by atoms with Gasteiger partial charge in [-0.05, 0) is 27.7 Å². The molecule has 10 nitrogen and oxygen atoms in total. The number of alkyl halides is 1. The van der Waals surface area contributed by atoms with Crippen LogP contribution >= 0.6 is 11.6 Å². The predicted molar refractivity (Wildman–Crippen MR) is 119 cm³/mol. The van der Waals surface area contributed by atoms with Gasteiger partial charge in [0, 0.05) is 40.3 Å². The van der Waals surface area contributed by atoms with Gasteiger partial charge in [-0.3, -0.25) is 4.57 Å². The zero-order chi connectivity index (χ0) is 23.1. The first kappa shape index (κ1) is 23.3. The molecule has 1 saturated heterocycles. The predicted octanol–water partition coefficient (Wildman–Crippen LogP) is 1.87. The van der Waals surface area contributed by atoms with Gasteiger partial charge in [-0.1, -0.05) is 0 Å². The molecule has 2 atom stereocenters. The van der Waals surface area contributed by atoms with Crippen molar-refractivity contribution in [2.75, 3.05) is 31.7 Å². The van der Waals surface area contributed by atoms with E-state index in [0.29, 0.717) is 42.5 Å². The Kier molecular flexibility index (Phi) is 6.52. The molecule has 1 aliphatic rings. The SMILES string of the molecule is COC[C@H]1CN(C(=O)OC(C)(C)C)[C@H](C)CN1c1nc(=O)n(C)c2c1nc(CCl)n2C. The van der Waals surface area contributed by atoms with E-state index in [1.54, 1.807) is 23.6 Å². The normalized spacial score (nSPS) is 19.9. The summed E-state index contributed by atoms with van der Waals surface area (Å²) in [5.74, 6) is 1.33. The highest BCUT2D eigenvalue weighted by molar-refractivity contribution is 6.16. The van der Waals surface area contributed by atoms with Crippen molar-refractivity contribution in [1.82, 2.24) is 24.0 Å². The molecule has 2 aromatic heterocycles. The van der Waals surface area contributed by atoms with E-state index in [-0.39, 0.29) is 29.7 Å². The molecule has 0 spiro atoms. The molecule has 0 aromatic carbocycles. The minimum Gasteiger partial charge on any atom is -0.444 e. The Labute approximate surface area is 186 Å². The molecule has 0 aliphatic carbocycles. The molecule has 31 heavy (non-hydrogen) atoms. The van der Waals surface area contributed by atoms with E-state index in [1.165, 1.54) is 4.57 Å². The lowest BCUT2D eigenvalue weighted by Crippen LogP contribution is -2.61. The molecule has 0 bridgehead atoms. The van der Waals surface area contributed by atoms with Gasteiger partial charge < -0.3 is 23.8 Å². The number of rotatable bonds is 4. The standard InChI is InChI=1S/C20H31ClN6O4/c1-12-9-27(13(11-30-7)10-26(12)19(29)31-20(2,3)4)16-15-17(25(6)18(28)23-16)24(5)14(8-21)22-15/h12-13H,8-11H2,1-7H3/t12-,13-/m1/s1. The maximum absolute atomic E-state index is 12.8. The molecule has 1 aliphatic heterocycles. The van der Waals surface area contributed by atoms with Crippen LogP contribution in [-0.4, -0.2) is 74.6 Å². The zero-order valence-corrected chi connectivity index (χ0v) is 19.9. The summed E-state index contributed by atoms with van der Waals surface area (Å²) in [5.41, 5.74) is 0.268. The number of fused-ring (bicyclic) bond motifs is 1. The van der Waals surface area contributed by atoms with Crippen LogP contribution in [0.25, 0.3) is 11.2 Å². The maximum atomic E-state index is 12.8. The minimum atomic E-state index is -0.587. The van der Waals surface area contributed by atoms with Crippen LogP contribution in [0.5, 0.6) is 0 Å². The van der Waals surface area contributed by atoms with Gasteiger partial charge in [0.2, 0.25) is 0 Å². The second-order valence-electron chi connectivity index (χ2n) is 8.91. The molecule has 0 saturated carbocycles. The van der Waals surface area contributed by atoms with Gasteiger partial charge in [0.25, 0.3) is 0 Å². The lowest BCUT2D eigenvalue weighted by Gasteiger charge is -2.45. The van der Waals surface area contributed by atoms with Crippen molar-refractivity contribution in [3.05, 3.63) is 16.3 Å². The number of anilines is 1. The number of aryl methyl sites for hydroxylation is 2. The quantitative estimate of drug-likeness (QED) is 0.651. The fraction of sp³-hybridized carbons (Fsp3) is 0.700. The van der Waals surface area contributed by atoms with Crippen LogP contribution in [0.3, 0.4) is 0 Å². The summed E-state index contributed by atoms with van der Waals surface area (Å²) in [6.45, 7) is 8.64. The van der Waals surface area contributed by atoms with Gasteiger partial charge in [0.05, 0.1) is 18.5 Å². The number of methoxy groups -OCH3 is 1. The van der Waals surface area contributed by atoms with Crippen LogP contribution in [0.15, 0.2) is 4.79 Å². The summed E-state index contributed by atoms with van der Waals surface area (Å²) in [4.78, 5) is 38.1. The van der Waals surface area contributed by atoms with E-state index in [0.717, 1.165) is 0 Å². The zero-order valence-electron chi connectivity index (χ0n) is 19.2. The van der Waals surface area contributed by atoms with Crippen molar-refractivity contribution in [2.24, 2.45) is 14.1 Å². The lowest BCUT2D eigenvalue weighted by molar-refractivity contribution is 0.00896. The minimum absolute atomic E-state index is 0.167. The number of ether oxygens (including phenoxy) is 2. The molecule has 172 valence electrons. The van der Waals surface area contributed by atoms with Crippen LogP contribution in [0, 0.1) is 0 Å². The van der Waals surface area contributed by atoms with Crippen molar-refractivity contribution in [3.63, 3.8) is 0 Å². The summed E-state index contributed by atoms with van der Waals surface area (Å²) in [6.07, 6.45) is -0.370. The maximum Gasteiger partial charge on any atom is 0.410 e. The number of halogens is 1. The number of piperazine rings is 1. The van der Waals surface area contributed by atoms with E-state index < -0.39 is 5.60 Å². The summed E-state index contributed by atoms with van der Waals surface area (Å²) >= 11 is 6.06. The van der Waals surface area contributed by atoms with E-state index in [1.807, 2.05) is 39.6 Å². The summed E-state index contributed by atoms with van der Waals surface area (Å²) in [6, 6.07) is -0.391. The molecule has 2 aromatic rings. The molecule has 0 N–H and O–H groups in total. The van der Waals surface area contributed by atoms with Crippen molar-refractivity contribution in [2.45, 2.75) is 51.3 Å². The average Bonchev–Trinajstić information content (AvgIpc) is 3.01. The number of hydrogen-bond acceptors (Lipinski definition) is 7. The summed E-state index contributed by atoms with van der Waals surface area (Å²) < 4.78 is 14.3. The molecule has 11 heteroatoms. The van der Waals surface area contributed by atoms with Gasteiger partial charge in [0.15, 0.2) is 5.82 Å². The van der Waals surface area contributed by atoms with Crippen LogP contribution < -0.4 is 10.6 Å². The van der Waals surface area contributed by atoms with Crippen LogP contribution in [0.2, 0.25) is 0 Å². The van der Waals surface area contributed by atoms with Crippen LogP contribution in [0.4, 0.5) is 10.6 Å². The second kappa shape index (κ2) is 8.66. The Hall–Kier alpha value is -2.33. The van der Waals surface area contributed by atoms with Crippen molar-refractivity contribution in [3.8, 4) is 0 Å². The largest absolute Gasteiger partial charge is 0.444 e. The highest BCUT2D eigenvalue weighted by Crippen LogP contribution is 2.29. The van der Waals surface area contributed by atoms with Gasteiger partial charge in [-0.15, -0.1) is 11.6 Å². The van der Waals surface area contributed by atoms with Gasteiger partial charge >= 0.3 is 11.8 Å². The van der Waals surface area contributed by atoms with E-state index >= 15 is 0 Å². The van der Waals surface area contributed by atoms with Gasteiger partial charge in [-0.2, -0.15) is 4.98 Å². The molecule has 1 amide bonds. The molecule has 1 fully saturated rings. The average molecular weight is 455 g/mol. The number of amides is 1. The van der Waals surface area contributed by atoms with Crippen LogP contribution in [0.1, 0.15) is 33.5 Å². The number of carbonyl (C=O) groups excluding carboxylic acids is 1. The molecule has 3 heterocycles. The van der Waals surface area contributed by atoms with E-state index in [2.05, 4.69) is 9.97 Å². The Bertz CT molecular complexity index is 1030. The number of aromatic nitrogens is 4. The first-order valence-electron chi connectivity index (χ1n) is 10.2. The van der Waals surface area contributed by atoms with Crippen molar-refractivity contribution < 1.29 is 14.3 Å². The first-order chi connectivity index (χ1) is 14.5. The molecule has 0 radical (unpaired) electrons. The fourth-order valence-corrected chi connectivity index (χ4v) is 4.14. The molecular weight excluding hydrogens is 424 g/mol. The second-order valence-corrected chi connectivity index (χ2v) is 9.18. The monoisotopic (exact) mass is 454 g/mol. The van der Waals surface area contributed by atoms with Crippen molar-refractivity contribution >= 4 is 34.7 Å².